The zero-order chi connectivity index (χ0) is 17.5. The Hall–Kier alpha value is -1.90. The molecule has 130 valence electrons. The molecular weight excluding hydrogens is 342 g/mol. The van der Waals surface area contributed by atoms with Gasteiger partial charge in [0.25, 0.3) is 5.69 Å². The van der Waals surface area contributed by atoms with E-state index in [1.54, 1.807) is 6.92 Å². The first-order chi connectivity index (χ1) is 11.3. The van der Waals surface area contributed by atoms with Crippen molar-refractivity contribution in [3.05, 3.63) is 33.3 Å². The Balaban J connectivity index is 1.74. The molecule has 2 fully saturated rings. The first-order valence-electron chi connectivity index (χ1n) is 7.34. The lowest BCUT2D eigenvalue weighted by atomic mass is 9.94. The predicted molar refractivity (Wildman–Crippen MR) is 82.2 cm³/mol. The monoisotopic (exact) mass is 357 g/mol. The van der Waals surface area contributed by atoms with E-state index in [2.05, 4.69) is 0 Å². The number of rotatable bonds is 4. The largest absolute Gasteiger partial charge is 0.484 e. The molecule has 1 aromatic rings. The van der Waals surface area contributed by atoms with Gasteiger partial charge >= 0.3 is 5.97 Å². The number of fused-ring (bicyclic) bond motifs is 1. The van der Waals surface area contributed by atoms with Crippen LogP contribution in [0.15, 0.2) is 18.2 Å². The molecular formula is C15H16ClNO7. The molecule has 2 heterocycles. The number of esters is 1. The van der Waals surface area contributed by atoms with E-state index in [0.29, 0.717) is 5.75 Å². The summed E-state index contributed by atoms with van der Waals surface area (Å²) in [6.45, 7) is 3.58. The summed E-state index contributed by atoms with van der Waals surface area (Å²) >= 11 is 6.05. The summed E-state index contributed by atoms with van der Waals surface area (Å²) in [5.41, 5.74) is -0.921. The lowest BCUT2D eigenvalue weighted by molar-refractivity contribution is -0.384. The van der Waals surface area contributed by atoms with Crippen LogP contribution in [0.25, 0.3) is 0 Å². The number of benzene rings is 1. The zero-order valence-corrected chi connectivity index (χ0v) is 13.8. The average Bonchev–Trinajstić information content (AvgIpc) is 2.98. The minimum Gasteiger partial charge on any atom is -0.484 e. The summed E-state index contributed by atoms with van der Waals surface area (Å²) < 4.78 is 22.6. The molecule has 0 unspecified atom stereocenters. The van der Waals surface area contributed by atoms with E-state index < -0.39 is 34.8 Å². The van der Waals surface area contributed by atoms with Crippen molar-refractivity contribution < 1.29 is 28.7 Å². The standard InChI is InChI=1S/C15H16ClNO7/c1-8(18)23-13-7-21-14-12(6-22-15(13,14)2)24-11-4-3-9(17(19)20)5-10(11)16/h3-5,12-14H,6-7H2,1-2H3/t12-,13-,14+,15+/m0/s1. The highest BCUT2D eigenvalue weighted by Gasteiger charge is 2.59. The fraction of sp³-hybridized carbons (Fsp3) is 0.533. The van der Waals surface area contributed by atoms with E-state index in [9.17, 15) is 14.9 Å². The number of hydrogen-bond acceptors (Lipinski definition) is 7. The topological polar surface area (TPSA) is 97.1 Å². The number of nitro benzene ring substituents is 1. The first kappa shape index (κ1) is 16.9. The molecule has 2 aliphatic heterocycles. The van der Waals surface area contributed by atoms with Crippen molar-refractivity contribution in [1.82, 2.24) is 0 Å². The Bertz CT molecular complexity index is 682. The highest BCUT2D eigenvalue weighted by molar-refractivity contribution is 6.32. The molecule has 0 aromatic heterocycles. The van der Waals surface area contributed by atoms with Crippen LogP contribution >= 0.6 is 11.6 Å². The van der Waals surface area contributed by atoms with Gasteiger partial charge in [-0.25, -0.2) is 0 Å². The minimum absolute atomic E-state index is 0.119. The van der Waals surface area contributed by atoms with Crippen LogP contribution in [0.2, 0.25) is 5.02 Å². The molecule has 0 amide bonds. The second kappa shape index (κ2) is 6.19. The normalized spacial score (nSPS) is 31.5. The fourth-order valence-corrected chi connectivity index (χ4v) is 3.23. The van der Waals surface area contributed by atoms with E-state index in [1.807, 2.05) is 0 Å². The summed E-state index contributed by atoms with van der Waals surface area (Å²) in [6, 6.07) is 3.98. The maximum Gasteiger partial charge on any atom is 0.303 e. The molecule has 0 saturated carbocycles. The van der Waals surface area contributed by atoms with Gasteiger partial charge in [0.15, 0.2) is 12.2 Å². The van der Waals surface area contributed by atoms with Crippen molar-refractivity contribution >= 4 is 23.3 Å². The van der Waals surface area contributed by atoms with Crippen molar-refractivity contribution in [3.8, 4) is 5.75 Å². The molecule has 0 bridgehead atoms. The van der Waals surface area contributed by atoms with E-state index in [1.165, 1.54) is 25.1 Å². The first-order valence-corrected chi connectivity index (χ1v) is 7.72. The summed E-state index contributed by atoms with van der Waals surface area (Å²) in [4.78, 5) is 21.4. The molecule has 2 aliphatic rings. The SMILES string of the molecule is CC(=O)O[C@H]1CO[C@@H]2[C@@H](Oc3ccc([N+](=O)[O-])cc3Cl)CO[C@]12C. The molecule has 9 heteroatoms. The number of non-ortho nitro benzene ring substituents is 1. The van der Waals surface area contributed by atoms with Gasteiger partial charge in [0, 0.05) is 19.1 Å². The lowest BCUT2D eigenvalue weighted by Gasteiger charge is -2.27. The van der Waals surface area contributed by atoms with Crippen LogP contribution in [0.5, 0.6) is 5.75 Å². The third-order valence-electron chi connectivity index (χ3n) is 4.24. The Morgan fingerprint density at radius 3 is 2.83 bits per heavy atom. The van der Waals surface area contributed by atoms with Gasteiger partial charge in [0.1, 0.15) is 17.5 Å². The number of carbonyl (C=O) groups is 1. The van der Waals surface area contributed by atoms with E-state index >= 15 is 0 Å². The van der Waals surface area contributed by atoms with Gasteiger partial charge in [-0.15, -0.1) is 0 Å². The van der Waals surface area contributed by atoms with E-state index in [0.717, 1.165) is 0 Å². The molecule has 2 saturated heterocycles. The highest BCUT2D eigenvalue weighted by Crippen LogP contribution is 2.41. The third-order valence-corrected chi connectivity index (χ3v) is 4.54. The van der Waals surface area contributed by atoms with Crippen molar-refractivity contribution in [1.29, 1.82) is 0 Å². The van der Waals surface area contributed by atoms with Gasteiger partial charge in [0.2, 0.25) is 0 Å². The van der Waals surface area contributed by atoms with Crippen LogP contribution in [0.3, 0.4) is 0 Å². The van der Waals surface area contributed by atoms with Gasteiger partial charge in [-0.3, -0.25) is 14.9 Å². The van der Waals surface area contributed by atoms with Crippen molar-refractivity contribution in [3.63, 3.8) is 0 Å². The molecule has 0 N–H and O–H groups in total. The van der Waals surface area contributed by atoms with Gasteiger partial charge in [-0.1, -0.05) is 11.6 Å². The highest BCUT2D eigenvalue weighted by atomic mass is 35.5. The maximum atomic E-state index is 11.2. The second-order valence-corrected chi connectivity index (χ2v) is 6.28. The van der Waals surface area contributed by atoms with Crippen LogP contribution in [0.4, 0.5) is 5.69 Å². The lowest BCUT2D eigenvalue weighted by Crippen LogP contribution is -2.46. The maximum absolute atomic E-state index is 11.2. The van der Waals surface area contributed by atoms with Crippen LogP contribution < -0.4 is 4.74 Å². The Morgan fingerprint density at radius 2 is 2.21 bits per heavy atom. The number of halogens is 1. The molecule has 0 spiro atoms. The Kier molecular flexibility index (Phi) is 4.37. The molecule has 4 atom stereocenters. The van der Waals surface area contributed by atoms with Crippen LogP contribution in [0.1, 0.15) is 13.8 Å². The fourth-order valence-electron chi connectivity index (χ4n) is 3.01. The van der Waals surface area contributed by atoms with Crippen molar-refractivity contribution in [2.75, 3.05) is 13.2 Å². The van der Waals surface area contributed by atoms with E-state index in [-0.39, 0.29) is 23.9 Å². The number of nitro groups is 1. The van der Waals surface area contributed by atoms with Gasteiger partial charge in [0.05, 0.1) is 23.2 Å². The predicted octanol–water partition coefficient (Wildman–Crippen LogP) is 2.11. The quantitative estimate of drug-likeness (QED) is 0.462. The smallest absolute Gasteiger partial charge is 0.303 e. The molecule has 1 aromatic carbocycles. The molecule has 8 nitrogen and oxygen atoms in total. The van der Waals surface area contributed by atoms with Gasteiger partial charge in [-0.05, 0) is 13.0 Å². The van der Waals surface area contributed by atoms with Crippen LogP contribution in [-0.4, -0.2) is 48.0 Å². The molecule has 0 radical (unpaired) electrons. The molecule has 3 rings (SSSR count). The molecule has 0 aliphatic carbocycles. The molecule has 24 heavy (non-hydrogen) atoms. The number of ether oxygens (including phenoxy) is 4. The average molecular weight is 358 g/mol. The zero-order valence-electron chi connectivity index (χ0n) is 13.1. The summed E-state index contributed by atoms with van der Waals surface area (Å²) in [5.74, 6) is -0.100. The Morgan fingerprint density at radius 1 is 1.46 bits per heavy atom. The van der Waals surface area contributed by atoms with Gasteiger partial charge < -0.3 is 18.9 Å². The number of hydrogen-bond donors (Lipinski definition) is 0. The Labute approximate surface area is 142 Å². The van der Waals surface area contributed by atoms with Crippen LogP contribution in [0, 0.1) is 10.1 Å². The van der Waals surface area contributed by atoms with Crippen molar-refractivity contribution in [2.45, 2.75) is 37.8 Å². The number of nitrogens with zero attached hydrogens (tertiary/aromatic N) is 1. The summed E-state index contributed by atoms with van der Waals surface area (Å²) in [5, 5.41) is 10.9. The van der Waals surface area contributed by atoms with Crippen molar-refractivity contribution in [2.24, 2.45) is 0 Å². The number of carbonyl (C=O) groups excluding carboxylic acids is 1. The van der Waals surface area contributed by atoms with Gasteiger partial charge in [-0.2, -0.15) is 0 Å². The minimum atomic E-state index is -0.802. The van der Waals surface area contributed by atoms with E-state index in [4.69, 9.17) is 30.5 Å². The second-order valence-electron chi connectivity index (χ2n) is 5.87. The summed E-state index contributed by atoms with van der Waals surface area (Å²) in [6.07, 6.45) is -1.41. The summed E-state index contributed by atoms with van der Waals surface area (Å²) in [7, 11) is 0. The third kappa shape index (κ3) is 2.92. The van der Waals surface area contributed by atoms with Crippen LogP contribution in [-0.2, 0) is 19.0 Å².